The molecule has 0 rings (SSSR count). The van der Waals surface area contributed by atoms with Crippen molar-refractivity contribution in [1.29, 1.82) is 0 Å². The Morgan fingerprint density at radius 1 is 0.889 bits per heavy atom. The Morgan fingerprint density at radius 2 is 0.889 bits per heavy atom. The van der Waals surface area contributed by atoms with E-state index in [9.17, 15) is 0 Å². The SMILES string of the molecule is O=C([O-])[O-].[NH2-].[NH2-].[NH2-].[NH2-].[Pd]. The number of carbonyl (C=O) groups is 1. The molecule has 0 fully saturated rings. The van der Waals surface area contributed by atoms with E-state index in [0.717, 1.165) is 0 Å². The Kier molecular flexibility index (Phi) is 355. The zero-order valence-corrected chi connectivity index (χ0v) is 5.90. The standard InChI is InChI=1S/CH2O3.4H2N.Pd/c2-1(3)4;;;;;/h(H2,2,3,4);4*1H2;/q;4*-1;/p-2. The third-order valence-corrected chi connectivity index (χ3v) is 0. The Morgan fingerprint density at radius 3 is 0.889 bits per heavy atom. The molecule has 0 spiro atoms. The van der Waals surface area contributed by atoms with Crippen LogP contribution >= 0.6 is 0 Å². The molecule has 7 nitrogen and oxygen atoms in total. The van der Waals surface area contributed by atoms with E-state index >= 15 is 0 Å². The second kappa shape index (κ2) is 46.4. The summed E-state index contributed by atoms with van der Waals surface area (Å²) in [5.74, 6) is 0. The van der Waals surface area contributed by atoms with Crippen LogP contribution < -0.4 is 10.2 Å². The van der Waals surface area contributed by atoms with Crippen LogP contribution in [0.1, 0.15) is 0 Å². The van der Waals surface area contributed by atoms with Crippen molar-refractivity contribution in [2.45, 2.75) is 0 Å². The minimum absolute atomic E-state index is 0. The summed E-state index contributed by atoms with van der Waals surface area (Å²) < 4.78 is 0. The van der Waals surface area contributed by atoms with Crippen LogP contribution in [-0.4, -0.2) is 6.16 Å². The number of rotatable bonds is 0. The molecule has 0 aliphatic heterocycles. The van der Waals surface area contributed by atoms with E-state index in [1.807, 2.05) is 0 Å². The predicted octanol–water partition coefficient (Wildman–Crippen LogP) is 0.419. The molecule has 8 heteroatoms. The van der Waals surface area contributed by atoms with Crippen molar-refractivity contribution in [2.24, 2.45) is 0 Å². The van der Waals surface area contributed by atoms with Gasteiger partial charge in [0.25, 0.3) is 0 Å². The maximum Gasteiger partial charge on any atom is 0 e. The fourth-order valence-electron chi connectivity index (χ4n) is 0. The maximum atomic E-state index is 8.33. The van der Waals surface area contributed by atoms with Gasteiger partial charge in [0.1, 0.15) is 0 Å². The van der Waals surface area contributed by atoms with Crippen LogP contribution in [-0.2, 0) is 20.4 Å². The molecular weight excluding hydrogens is 222 g/mol. The van der Waals surface area contributed by atoms with Crippen molar-refractivity contribution >= 4 is 6.16 Å². The average molecular weight is 231 g/mol. The van der Waals surface area contributed by atoms with E-state index in [0.29, 0.717) is 0 Å². The van der Waals surface area contributed by atoms with E-state index in [2.05, 4.69) is 0 Å². The van der Waals surface area contributed by atoms with E-state index in [4.69, 9.17) is 15.0 Å². The molecule has 0 bridgehead atoms. The Hall–Kier alpha value is -0.228. The van der Waals surface area contributed by atoms with E-state index in [-0.39, 0.29) is 45.0 Å². The van der Waals surface area contributed by atoms with Gasteiger partial charge in [-0.3, -0.25) is 0 Å². The number of hydrogen-bond donors (Lipinski definition) is 0. The van der Waals surface area contributed by atoms with Crippen molar-refractivity contribution < 1.29 is 35.4 Å². The molecule has 0 atom stereocenters. The zero-order chi connectivity index (χ0) is 3.58. The van der Waals surface area contributed by atoms with Gasteiger partial charge in [0.15, 0.2) is 0 Å². The molecule has 0 saturated carbocycles. The van der Waals surface area contributed by atoms with Gasteiger partial charge in [-0.15, -0.1) is 0 Å². The van der Waals surface area contributed by atoms with Crippen molar-refractivity contribution in [3.63, 3.8) is 0 Å². The van der Waals surface area contributed by atoms with Gasteiger partial charge in [-0.2, -0.15) is 0 Å². The summed E-state index contributed by atoms with van der Waals surface area (Å²) in [6.07, 6.45) is -2.33. The van der Waals surface area contributed by atoms with Crippen LogP contribution in [0.3, 0.4) is 0 Å². The molecule has 0 aromatic carbocycles. The van der Waals surface area contributed by atoms with Gasteiger partial charge in [0.2, 0.25) is 0 Å². The quantitative estimate of drug-likeness (QED) is 0.544. The first kappa shape index (κ1) is 68.9. The van der Waals surface area contributed by atoms with Gasteiger partial charge < -0.3 is 39.6 Å². The Labute approximate surface area is 66.8 Å². The normalized spacial score (nSPS) is 2.67. The molecule has 0 aromatic heterocycles. The predicted molar refractivity (Wildman–Crippen MR) is 26.5 cm³/mol. The number of hydrogen-bond acceptors (Lipinski definition) is 3. The zero-order valence-electron chi connectivity index (χ0n) is 4.35. The fraction of sp³-hybridized carbons (Fsp3) is 0. The van der Waals surface area contributed by atoms with E-state index in [1.165, 1.54) is 0 Å². The van der Waals surface area contributed by atoms with Crippen LogP contribution in [0, 0.1) is 0 Å². The first-order valence-electron chi connectivity index (χ1n) is 0.612. The smallest absolute Gasteiger partial charge is 0 e. The van der Waals surface area contributed by atoms with Gasteiger partial charge in [-0.25, -0.2) is 0 Å². The molecule has 8 N–H and O–H groups in total. The largest absolute Gasteiger partial charge is 0.693 e. The fourth-order valence-corrected chi connectivity index (χ4v) is 0. The van der Waals surface area contributed by atoms with Gasteiger partial charge in [-0.1, -0.05) is 0 Å². The molecule has 0 heterocycles. The van der Waals surface area contributed by atoms with Crippen LogP contribution in [0.15, 0.2) is 0 Å². The minimum Gasteiger partial charge on any atom is -0.693 e. The third-order valence-electron chi connectivity index (χ3n) is 0. The number of nitrogens with two attached hydrogens (primary N) is 4. The summed E-state index contributed by atoms with van der Waals surface area (Å²) in [6, 6.07) is 0. The van der Waals surface area contributed by atoms with Gasteiger partial charge >= 0.3 is 0 Å². The molecule has 0 unspecified atom stereocenters. The molecule has 0 radical (unpaired) electrons. The first-order valence-corrected chi connectivity index (χ1v) is 0.612. The first-order chi connectivity index (χ1) is 1.73. The third kappa shape index (κ3) is 5000. The second-order valence-electron chi connectivity index (χ2n) is 0.250. The number of carboxylic acid groups (broad SMARTS) is 2. The summed E-state index contributed by atoms with van der Waals surface area (Å²) in [5.41, 5.74) is 0. The van der Waals surface area contributed by atoms with Crippen LogP contribution in [0.25, 0.3) is 24.6 Å². The summed E-state index contributed by atoms with van der Waals surface area (Å²) in [7, 11) is 0. The molecule has 0 amide bonds. The average Bonchev–Trinajstić information content (AvgIpc) is 0.811. The molecule has 0 aliphatic carbocycles. The molecule has 0 saturated heterocycles. The molecule has 66 valence electrons. The molecule has 0 aromatic rings. The molecule has 0 aliphatic rings. The van der Waals surface area contributed by atoms with E-state index < -0.39 is 6.16 Å². The Balaban J connectivity index is -0.00000000450. The van der Waals surface area contributed by atoms with Gasteiger partial charge in [-0.05, 0) is 6.16 Å². The maximum absolute atomic E-state index is 8.33. The van der Waals surface area contributed by atoms with Crippen LogP contribution in [0.2, 0.25) is 0 Å². The summed E-state index contributed by atoms with van der Waals surface area (Å²) in [4.78, 5) is 8.33. The van der Waals surface area contributed by atoms with Crippen molar-refractivity contribution in [1.82, 2.24) is 0 Å². The van der Waals surface area contributed by atoms with Gasteiger partial charge in [0, 0.05) is 20.4 Å². The van der Waals surface area contributed by atoms with E-state index in [1.54, 1.807) is 0 Å². The number of carbonyl (C=O) groups excluding carboxylic acids is 1. The Bertz CT molecular complexity index is 38.8. The summed E-state index contributed by atoms with van der Waals surface area (Å²) in [5, 5.41) is 16.7. The molecular formula is CH8N4O3Pd-6. The summed E-state index contributed by atoms with van der Waals surface area (Å²) in [6.45, 7) is 0. The van der Waals surface area contributed by atoms with Crippen LogP contribution in [0.5, 0.6) is 0 Å². The van der Waals surface area contributed by atoms with Crippen molar-refractivity contribution in [3.8, 4) is 0 Å². The van der Waals surface area contributed by atoms with Crippen molar-refractivity contribution in [2.75, 3.05) is 0 Å². The monoisotopic (exact) mass is 230 g/mol. The van der Waals surface area contributed by atoms with Crippen molar-refractivity contribution in [3.05, 3.63) is 24.6 Å². The van der Waals surface area contributed by atoms with Crippen LogP contribution in [0.4, 0.5) is 4.79 Å². The second-order valence-corrected chi connectivity index (χ2v) is 0.250. The summed E-state index contributed by atoms with van der Waals surface area (Å²) >= 11 is 0. The van der Waals surface area contributed by atoms with Gasteiger partial charge in [0.05, 0.1) is 0 Å². The minimum atomic E-state index is -2.33. The topological polar surface area (TPSA) is 197 Å². The molecule has 9 heavy (non-hydrogen) atoms.